The maximum Gasteiger partial charge on any atom is 0.322 e. The number of benzene rings is 2. The number of rotatable bonds is 9. The Balaban J connectivity index is 1.47. The van der Waals surface area contributed by atoms with Crippen molar-refractivity contribution in [2.75, 3.05) is 11.9 Å². The van der Waals surface area contributed by atoms with Crippen molar-refractivity contribution in [1.29, 1.82) is 0 Å². The first-order valence-corrected chi connectivity index (χ1v) is 12.9. The molecule has 7 heteroatoms. The Labute approximate surface area is 210 Å². The van der Waals surface area contributed by atoms with Crippen molar-refractivity contribution in [3.05, 3.63) is 87.4 Å². The van der Waals surface area contributed by atoms with Crippen molar-refractivity contribution in [2.45, 2.75) is 58.7 Å². The second-order valence-corrected chi connectivity index (χ2v) is 10.5. The lowest BCUT2D eigenvalue weighted by molar-refractivity contribution is -0.133. The highest BCUT2D eigenvalue weighted by molar-refractivity contribution is 7.10. The molecule has 2 aromatic carbocycles. The van der Waals surface area contributed by atoms with Crippen molar-refractivity contribution < 1.29 is 14.0 Å². The first-order chi connectivity index (χ1) is 16.8. The number of hydrogen-bond acceptors (Lipinski definition) is 3. The number of anilines is 1. The SMILES string of the molecule is Cc1ccsc1CN(Cc1ccc(F)cc1)C(=O)CN(C(=O)Nc1ccc(C(C)C)cc1)C1CC1. The van der Waals surface area contributed by atoms with E-state index >= 15 is 0 Å². The second kappa shape index (κ2) is 11.0. The molecule has 1 heterocycles. The molecular weight excluding hydrogens is 461 g/mol. The Morgan fingerprint density at radius 2 is 1.71 bits per heavy atom. The average molecular weight is 494 g/mol. The van der Waals surface area contributed by atoms with Crippen molar-refractivity contribution >= 4 is 29.0 Å². The second-order valence-electron chi connectivity index (χ2n) is 9.47. The van der Waals surface area contributed by atoms with Crippen LogP contribution in [0.4, 0.5) is 14.9 Å². The van der Waals surface area contributed by atoms with Crippen LogP contribution in [0.1, 0.15) is 54.2 Å². The summed E-state index contributed by atoms with van der Waals surface area (Å²) in [6.45, 7) is 7.10. The zero-order chi connectivity index (χ0) is 24.9. The molecule has 0 spiro atoms. The minimum atomic E-state index is -0.307. The summed E-state index contributed by atoms with van der Waals surface area (Å²) in [5, 5.41) is 4.97. The van der Waals surface area contributed by atoms with Gasteiger partial charge in [0.25, 0.3) is 0 Å². The molecule has 0 radical (unpaired) electrons. The number of carbonyl (C=O) groups excluding carboxylic acids is 2. The predicted molar refractivity (Wildman–Crippen MR) is 139 cm³/mol. The molecule has 0 atom stereocenters. The van der Waals surface area contributed by atoms with Gasteiger partial charge in [-0.05, 0) is 78.1 Å². The first-order valence-electron chi connectivity index (χ1n) is 12.0. The molecular formula is C28H32FN3O2S. The molecule has 35 heavy (non-hydrogen) atoms. The summed E-state index contributed by atoms with van der Waals surface area (Å²) in [4.78, 5) is 31.2. The fraction of sp³-hybridized carbons (Fsp3) is 0.357. The molecule has 4 rings (SSSR count). The monoisotopic (exact) mass is 493 g/mol. The van der Waals surface area contributed by atoms with Gasteiger partial charge in [0.1, 0.15) is 12.4 Å². The fourth-order valence-electron chi connectivity index (χ4n) is 3.93. The third kappa shape index (κ3) is 6.69. The number of thiophene rings is 1. The normalized spacial score (nSPS) is 13.1. The maximum atomic E-state index is 13.5. The number of nitrogens with one attached hydrogen (secondary N) is 1. The molecule has 0 saturated heterocycles. The van der Waals surface area contributed by atoms with Crippen LogP contribution >= 0.6 is 11.3 Å². The van der Waals surface area contributed by atoms with E-state index < -0.39 is 0 Å². The lowest BCUT2D eigenvalue weighted by Gasteiger charge is -2.28. The molecule has 0 bridgehead atoms. The summed E-state index contributed by atoms with van der Waals surface area (Å²) in [5.74, 6) is -0.0162. The number of amides is 3. The van der Waals surface area contributed by atoms with Crippen LogP contribution in [0.5, 0.6) is 0 Å². The van der Waals surface area contributed by atoms with E-state index in [4.69, 9.17) is 0 Å². The highest BCUT2D eigenvalue weighted by atomic mass is 32.1. The lowest BCUT2D eigenvalue weighted by Crippen LogP contribution is -2.45. The number of aryl methyl sites for hydroxylation is 1. The Bertz CT molecular complexity index is 1150. The lowest BCUT2D eigenvalue weighted by atomic mass is 10.0. The van der Waals surface area contributed by atoms with Crippen molar-refractivity contribution in [3.63, 3.8) is 0 Å². The van der Waals surface area contributed by atoms with E-state index in [-0.39, 0.29) is 30.3 Å². The van der Waals surface area contributed by atoms with Crippen LogP contribution in [0, 0.1) is 12.7 Å². The summed E-state index contributed by atoms with van der Waals surface area (Å²) in [7, 11) is 0. The molecule has 5 nitrogen and oxygen atoms in total. The third-order valence-electron chi connectivity index (χ3n) is 6.32. The molecule has 1 aliphatic carbocycles. The molecule has 184 valence electrons. The van der Waals surface area contributed by atoms with Crippen LogP contribution in [0.25, 0.3) is 0 Å². The Kier molecular flexibility index (Phi) is 7.86. The van der Waals surface area contributed by atoms with Gasteiger partial charge in [-0.25, -0.2) is 9.18 Å². The minimum Gasteiger partial charge on any atom is -0.332 e. The van der Waals surface area contributed by atoms with Gasteiger partial charge in [-0.1, -0.05) is 38.1 Å². The molecule has 1 N–H and O–H groups in total. The van der Waals surface area contributed by atoms with Crippen LogP contribution in [0.3, 0.4) is 0 Å². The topological polar surface area (TPSA) is 52.7 Å². The Morgan fingerprint density at radius 3 is 2.29 bits per heavy atom. The molecule has 3 aromatic rings. The molecule has 0 aliphatic heterocycles. The molecule has 1 saturated carbocycles. The van der Waals surface area contributed by atoms with E-state index in [9.17, 15) is 14.0 Å². The van der Waals surface area contributed by atoms with Crippen LogP contribution < -0.4 is 5.32 Å². The number of hydrogen-bond donors (Lipinski definition) is 1. The number of carbonyl (C=O) groups is 2. The standard InChI is InChI=1S/C28H32FN3O2S/c1-19(2)22-6-10-24(11-7-22)30-28(34)32(25-12-13-25)18-27(33)31(17-26-20(3)14-15-35-26)16-21-4-8-23(29)9-5-21/h4-11,14-15,19,25H,12-13,16-18H2,1-3H3,(H,30,34). The smallest absolute Gasteiger partial charge is 0.322 e. The van der Waals surface area contributed by atoms with Crippen molar-refractivity contribution in [2.24, 2.45) is 0 Å². The number of halogens is 1. The molecule has 0 unspecified atom stereocenters. The van der Waals surface area contributed by atoms with Gasteiger partial charge in [-0.15, -0.1) is 11.3 Å². The van der Waals surface area contributed by atoms with E-state index in [0.717, 1.165) is 34.5 Å². The summed E-state index contributed by atoms with van der Waals surface area (Å²) < 4.78 is 13.4. The van der Waals surface area contributed by atoms with Crippen molar-refractivity contribution in [3.8, 4) is 0 Å². The van der Waals surface area contributed by atoms with E-state index in [1.807, 2.05) is 42.6 Å². The number of urea groups is 1. The highest BCUT2D eigenvalue weighted by Gasteiger charge is 2.35. The van der Waals surface area contributed by atoms with Crippen LogP contribution in [0.2, 0.25) is 0 Å². The van der Waals surface area contributed by atoms with Crippen LogP contribution in [-0.2, 0) is 17.9 Å². The summed E-state index contributed by atoms with van der Waals surface area (Å²) in [5.41, 5.74) is 3.91. The Hall–Kier alpha value is -3.19. The number of nitrogens with zero attached hydrogens (tertiary/aromatic N) is 2. The fourth-order valence-corrected chi connectivity index (χ4v) is 4.85. The zero-order valence-electron chi connectivity index (χ0n) is 20.5. The zero-order valence-corrected chi connectivity index (χ0v) is 21.3. The van der Waals surface area contributed by atoms with Gasteiger partial charge in [-0.2, -0.15) is 0 Å². The van der Waals surface area contributed by atoms with E-state index in [1.165, 1.54) is 17.7 Å². The largest absolute Gasteiger partial charge is 0.332 e. The van der Waals surface area contributed by atoms with E-state index in [0.29, 0.717) is 19.0 Å². The quantitative estimate of drug-likeness (QED) is 0.368. The van der Waals surface area contributed by atoms with Gasteiger partial charge in [0.2, 0.25) is 5.91 Å². The maximum absolute atomic E-state index is 13.5. The van der Waals surface area contributed by atoms with Gasteiger partial charge in [0.05, 0.1) is 6.54 Å². The van der Waals surface area contributed by atoms with E-state index in [2.05, 4.69) is 19.2 Å². The summed E-state index contributed by atoms with van der Waals surface area (Å²) in [6, 6.07) is 15.9. The van der Waals surface area contributed by atoms with Gasteiger partial charge < -0.3 is 15.1 Å². The van der Waals surface area contributed by atoms with Gasteiger partial charge in [-0.3, -0.25) is 4.79 Å². The van der Waals surface area contributed by atoms with Crippen LogP contribution in [-0.4, -0.2) is 34.3 Å². The highest BCUT2D eigenvalue weighted by Crippen LogP contribution is 2.28. The predicted octanol–water partition coefficient (Wildman–Crippen LogP) is 6.54. The minimum absolute atomic E-state index is 0.00615. The van der Waals surface area contributed by atoms with Gasteiger partial charge >= 0.3 is 6.03 Å². The van der Waals surface area contributed by atoms with Gasteiger partial charge in [0, 0.05) is 23.2 Å². The molecule has 1 fully saturated rings. The molecule has 1 aromatic heterocycles. The third-order valence-corrected chi connectivity index (χ3v) is 7.33. The Morgan fingerprint density at radius 1 is 1.03 bits per heavy atom. The van der Waals surface area contributed by atoms with E-state index in [1.54, 1.807) is 33.3 Å². The summed E-state index contributed by atoms with van der Waals surface area (Å²) in [6.07, 6.45) is 1.80. The van der Waals surface area contributed by atoms with Crippen molar-refractivity contribution in [1.82, 2.24) is 9.80 Å². The summed E-state index contributed by atoms with van der Waals surface area (Å²) >= 11 is 1.61. The molecule has 1 aliphatic rings. The first kappa shape index (κ1) is 24.9. The molecule has 3 amide bonds. The van der Waals surface area contributed by atoms with Gasteiger partial charge in [0.15, 0.2) is 0 Å². The average Bonchev–Trinajstić information content (AvgIpc) is 3.60. The van der Waals surface area contributed by atoms with Crippen LogP contribution in [0.15, 0.2) is 60.0 Å².